The van der Waals surface area contributed by atoms with Gasteiger partial charge in [-0.1, -0.05) is 11.6 Å². The summed E-state index contributed by atoms with van der Waals surface area (Å²) in [6, 6.07) is 10.3. The van der Waals surface area contributed by atoms with Crippen LogP contribution in [0, 0.1) is 5.82 Å². The van der Waals surface area contributed by atoms with Crippen molar-refractivity contribution in [1.82, 2.24) is 14.5 Å². The Kier molecular flexibility index (Phi) is 5.52. The van der Waals surface area contributed by atoms with Gasteiger partial charge >= 0.3 is 0 Å². The number of benzene rings is 2. The zero-order chi connectivity index (χ0) is 22.2. The zero-order valence-electron chi connectivity index (χ0n) is 16.1. The Morgan fingerprint density at radius 1 is 1.16 bits per heavy atom. The fraction of sp³-hybridized carbons (Fsp3) is 0.100. The highest BCUT2D eigenvalue weighted by Gasteiger charge is 2.18. The highest BCUT2D eigenvalue weighted by Crippen LogP contribution is 2.31. The lowest BCUT2D eigenvalue weighted by Gasteiger charge is -2.16. The van der Waals surface area contributed by atoms with Gasteiger partial charge in [-0.15, -0.1) is 0 Å². The molecular formula is C20H17ClFN5O3S. The number of sulfonamides is 1. The molecule has 0 fully saturated rings. The fourth-order valence-electron chi connectivity index (χ4n) is 3.14. The largest absolute Gasteiger partial charge is 0.368 e. The van der Waals surface area contributed by atoms with E-state index in [2.05, 4.69) is 20.0 Å². The monoisotopic (exact) mass is 461 g/mol. The van der Waals surface area contributed by atoms with Gasteiger partial charge in [0.15, 0.2) is 12.0 Å². The Balaban J connectivity index is 1.53. The first-order valence-corrected chi connectivity index (χ1v) is 10.9. The van der Waals surface area contributed by atoms with Crippen molar-refractivity contribution in [3.8, 4) is 0 Å². The molecule has 0 aliphatic carbocycles. The van der Waals surface area contributed by atoms with Crippen LogP contribution in [0.1, 0.15) is 11.9 Å². The highest BCUT2D eigenvalue weighted by atomic mass is 35.5. The molecule has 0 saturated heterocycles. The SMILES string of the molecule is Cn1c(C(O)Nc2ccc(S(=O)(=O)Nc3cnccn3)cc2)cc2c(Cl)c(F)ccc21. The van der Waals surface area contributed by atoms with Gasteiger partial charge in [0.25, 0.3) is 10.0 Å². The molecule has 0 bridgehead atoms. The molecule has 0 aliphatic rings. The molecular weight excluding hydrogens is 445 g/mol. The molecule has 8 nitrogen and oxygen atoms in total. The Hall–Kier alpha value is -3.21. The number of aliphatic hydroxyl groups excluding tert-OH is 1. The van der Waals surface area contributed by atoms with Crippen LogP contribution in [-0.4, -0.2) is 28.1 Å². The number of hydrogen-bond acceptors (Lipinski definition) is 6. The van der Waals surface area contributed by atoms with Gasteiger partial charge in [0.1, 0.15) is 5.82 Å². The maximum absolute atomic E-state index is 13.7. The van der Waals surface area contributed by atoms with Crippen LogP contribution in [-0.2, 0) is 17.1 Å². The predicted molar refractivity (Wildman–Crippen MR) is 116 cm³/mol. The Labute approximate surface area is 182 Å². The predicted octanol–water partition coefficient (Wildman–Crippen LogP) is 3.66. The maximum Gasteiger partial charge on any atom is 0.263 e. The third-order valence-electron chi connectivity index (χ3n) is 4.70. The van der Waals surface area contributed by atoms with Gasteiger partial charge in [-0.2, -0.15) is 0 Å². The summed E-state index contributed by atoms with van der Waals surface area (Å²) in [6.07, 6.45) is 2.97. The summed E-state index contributed by atoms with van der Waals surface area (Å²) < 4.78 is 42.7. The molecule has 3 N–H and O–H groups in total. The molecule has 160 valence electrons. The fourth-order valence-corrected chi connectivity index (χ4v) is 4.35. The summed E-state index contributed by atoms with van der Waals surface area (Å²) in [5.74, 6) is -0.438. The minimum Gasteiger partial charge on any atom is -0.368 e. The molecule has 1 unspecified atom stereocenters. The topological polar surface area (TPSA) is 109 Å². The third kappa shape index (κ3) is 4.18. The van der Waals surface area contributed by atoms with E-state index in [1.807, 2.05) is 0 Å². The van der Waals surface area contributed by atoms with Crippen molar-refractivity contribution in [3.05, 3.63) is 77.6 Å². The number of anilines is 2. The third-order valence-corrected chi connectivity index (χ3v) is 6.46. The van der Waals surface area contributed by atoms with Crippen LogP contribution in [0.3, 0.4) is 0 Å². The standard InChI is InChI=1S/C20H17ClFN5O3S/c1-27-16-7-6-15(22)19(21)14(16)10-17(27)20(28)25-12-2-4-13(5-3-12)31(29,30)26-18-11-23-8-9-24-18/h2-11,20,25,28H,1H3,(H,24,26). The first-order chi connectivity index (χ1) is 14.8. The van der Waals surface area contributed by atoms with E-state index >= 15 is 0 Å². The maximum atomic E-state index is 13.7. The molecule has 0 saturated carbocycles. The molecule has 2 aromatic heterocycles. The molecule has 0 aliphatic heterocycles. The van der Waals surface area contributed by atoms with E-state index in [9.17, 15) is 17.9 Å². The number of aromatic nitrogens is 3. The van der Waals surface area contributed by atoms with E-state index in [1.165, 1.54) is 48.9 Å². The van der Waals surface area contributed by atoms with Crippen LogP contribution < -0.4 is 10.0 Å². The van der Waals surface area contributed by atoms with Crippen LogP contribution in [0.2, 0.25) is 5.02 Å². The van der Waals surface area contributed by atoms with Crippen molar-refractivity contribution >= 4 is 44.0 Å². The van der Waals surface area contributed by atoms with Crippen LogP contribution in [0.4, 0.5) is 15.9 Å². The van der Waals surface area contributed by atoms with E-state index in [4.69, 9.17) is 11.6 Å². The lowest BCUT2D eigenvalue weighted by atomic mass is 10.2. The smallest absolute Gasteiger partial charge is 0.263 e. The molecule has 11 heteroatoms. The van der Waals surface area contributed by atoms with Gasteiger partial charge in [-0.05, 0) is 42.5 Å². The van der Waals surface area contributed by atoms with Crippen molar-refractivity contribution in [1.29, 1.82) is 0 Å². The van der Waals surface area contributed by atoms with Crippen LogP contribution in [0.5, 0.6) is 0 Å². The number of hydrogen-bond donors (Lipinski definition) is 3. The molecule has 0 amide bonds. The second-order valence-corrected chi connectivity index (χ2v) is 8.75. The molecule has 2 heterocycles. The summed E-state index contributed by atoms with van der Waals surface area (Å²) in [5.41, 5.74) is 1.61. The number of aliphatic hydroxyl groups is 1. The summed E-state index contributed by atoms with van der Waals surface area (Å²) in [4.78, 5) is 7.72. The van der Waals surface area contributed by atoms with E-state index < -0.39 is 22.1 Å². The van der Waals surface area contributed by atoms with Crippen molar-refractivity contribution in [3.63, 3.8) is 0 Å². The van der Waals surface area contributed by atoms with E-state index in [0.29, 0.717) is 22.3 Å². The summed E-state index contributed by atoms with van der Waals surface area (Å²) in [6.45, 7) is 0. The van der Waals surface area contributed by atoms with Crippen molar-refractivity contribution in [2.75, 3.05) is 10.0 Å². The second kappa shape index (κ2) is 8.14. The normalized spacial score (nSPS) is 12.6. The van der Waals surface area contributed by atoms with Gasteiger partial charge < -0.3 is 15.0 Å². The Morgan fingerprint density at radius 2 is 1.90 bits per heavy atom. The molecule has 0 spiro atoms. The summed E-state index contributed by atoms with van der Waals surface area (Å²) in [7, 11) is -2.11. The minimum absolute atomic E-state index is 0.0169. The molecule has 1 atom stereocenters. The number of aryl methyl sites for hydroxylation is 1. The molecule has 0 radical (unpaired) electrons. The number of nitrogens with one attached hydrogen (secondary N) is 2. The number of fused-ring (bicyclic) bond motifs is 1. The van der Waals surface area contributed by atoms with Gasteiger partial charge in [0.2, 0.25) is 0 Å². The van der Waals surface area contributed by atoms with E-state index in [0.717, 1.165) is 0 Å². The first kappa shape index (κ1) is 21.0. The van der Waals surface area contributed by atoms with Crippen LogP contribution in [0.25, 0.3) is 10.9 Å². The molecule has 2 aromatic carbocycles. The number of nitrogens with zero attached hydrogens (tertiary/aromatic N) is 3. The average Bonchev–Trinajstić information content (AvgIpc) is 3.09. The quantitative estimate of drug-likeness (QED) is 0.378. The highest BCUT2D eigenvalue weighted by molar-refractivity contribution is 7.92. The van der Waals surface area contributed by atoms with Crippen molar-refractivity contribution in [2.45, 2.75) is 11.1 Å². The van der Waals surface area contributed by atoms with Crippen molar-refractivity contribution < 1.29 is 17.9 Å². The molecule has 4 rings (SSSR count). The lowest BCUT2D eigenvalue weighted by molar-refractivity contribution is 0.200. The summed E-state index contributed by atoms with van der Waals surface area (Å²) >= 11 is 6.03. The van der Waals surface area contributed by atoms with E-state index in [1.54, 1.807) is 23.7 Å². The van der Waals surface area contributed by atoms with E-state index in [-0.39, 0.29) is 15.7 Å². The lowest BCUT2D eigenvalue weighted by Crippen LogP contribution is -2.15. The average molecular weight is 462 g/mol. The zero-order valence-corrected chi connectivity index (χ0v) is 17.7. The summed E-state index contributed by atoms with van der Waals surface area (Å²) in [5, 5.41) is 14.0. The van der Waals surface area contributed by atoms with Crippen LogP contribution >= 0.6 is 11.6 Å². The van der Waals surface area contributed by atoms with Crippen LogP contribution in [0.15, 0.2) is 66.0 Å². The van der Waals surface area contributed by atoms with Crippen molar-refractivity contribution in [2.24, 2.45) is 7.05 Å². The second-order valence-electron chi connectivity index (χ2n) is 6.69. The molecule has 31 heavy (non-hydrogen) atoms. The van der Waals surface area contributed by atoms with Gasteiger partial charge in [0.05, 0.1) is 21.8 Å². The molecule has 4 aromatic rings. The first-order valence-electron chi connectivity index (χ1n) is 9.03. The number of rotatable bonds is 6. The van der Waals surface area contributed by atoms with Gasteiger partial charge in [-0.3, -0.25) is 9.71 Å². The van der Waals surface area contributed by atoms with Gasteiger partial charge in [-0.25, -0.2) is 17.8 Å². The van der Waals surface area contributed by atoms with Gasteiger partial charge in [0, 0.05) is 36.0 Å². The Morgan fingerprint density at radius 3 is 2.58 bits per heavy atom. The minimum atomic E-state index is -3.84. The Bertz CT molecular complexity index is 1350. The number of halogens is 2.